The van der Waals surface area contributed by atoms with Crippen LogP contribution in [0.2, 0.25) is 0 Å². The van der Waals surface area contributed by atoms with E-state index < -0.39 is 0 Å². The number of ether oxygens (including phenoxy) is 1. The van der Waals surface area contributed by atoms with Crippen molar-refractivity contribution in [3.63, 3.8) is 0 Å². The molecule has 7 heteroatoms. The molecule has 5 nitrogen and oxygen atoms in total. The predicted octanol–water partition coefficient (Wildman–Crippen LogP) is 3.69. The topological polar surface area (TPSA) is 64.1 Å². The third-order valence-corrected chi connectivity index (χ3v) is 4.75. The van der Waals surface area contributed by atoms with Crippen LogP contribution in [0.25, 0.3) is 0 Å². The van der Waals surface area contributed by atoms with Crippen LogP contribution < -0.4 is 10.1 Å². The Labute approximate surface area is 138 Å². The highest BCUT2D eigenvalue weighted by atomic mass is 32.2. The average Bonchev–Trinajstić information content (AvgIpc) is 2.95. The standard InChI is InChI=1S/C15H19N3O2S2/c1-11(2)13(19)16-14-17-18-15(22-14)21-10-6-9-20-12-7-4-3-5-8-12/h3-5,7-8,11H,6,9-10H2,1-2H3,(H,16,17,19). The number of hydrogen-bond acceptors (Lipinski definition) is 6. The van der Waals surface area contributed by atoms with Crippen LogP contribution >= 0.6 is 23.1 Å². The fourth-order valence-electron chi connectivity index (χ4n) is 1.49. The van der Waals surface area contributed by atoms with Crippen molar-refractivity contribution in [3.8, 4) is 5.75 Å². The molecule has 118 valence electrons. The van der Waals surface area contributed by atoms with E-state index in [1.807, 2.05) is 44.2 Å². The second-order valence-electron chi connectivity index (χ2n) is 4.88. The van der Waals surface area contributed by atoms with Gasteiger partial charge in [0.1, 0.15) is 5.75 Å². The molecule has 0 aliphatic carbocycles. The van der Waals surface area contributed by atoms with Crippen LogP contribution in [0.1, 0.15) is 20.3 Å². The summed E-state index contributed by atoms with van der Waals surface area (Å²) in [5.74, 6) is 1.70. The molecule has 1 amide bonds. The molecular weight excluding hydrogens is 318 g/mol. The fourth-order valence-corrected chi connectivity index (χ4v) is 3.23. The van der Waals surface area contributed by atoms with Crippen molar-refractivity contribution in [1.29, 1.82) is 0 Å². The van der Waals surface area contributed by atoms with Gasteiger partial charge in [-0.25, -0.2) is 0 Å². The minimum atomic E-state index is -0.0601. The van der Waals surface area contributed by atoms with Crippen LogP contribution in [-0.2, 0) is 4.79 Å². The Morgan fingerprint density at radius 3 is 2.82 bits per heavy atom. The van der Waals surface area contributed by atoms with Crippen molar-refractivity contribution in [2.45, 2.75) is 24.6 Å². The van der Waals surface area contributed by atoms with Crippen LogP contribution in [0.5, 0.6) is 5.75 Å². The Balaban J connectivity index is 1.65. The van der Waals surface area contributed by atoms with Crippen LogP contribution in [-0.4, -0.2) is 28.5 Å². The molecule has 0 spiro atoms. The quantitative estimate of drug-likeness (QED) is 0.452. The van der Waals surface area contributed by atoms with Gasteiger partial charge >= 0.3 is 0 Å². The molecule has 0 aliphatic rings. The van der Waals surface area contributed by atoms with E-state index in [2.05, 4.69) is 15.5 Å². The lowest BCUT2D eigenvalue weighted by atomic mass is 10.2. The Bertz CT molecular complexity index is 587. The second-order valence-corrected chi connectivity index (χ2v) is 7.20. The number of benzene rings is 1. The summed E-state index contributed by atoms with van der Waals surface area (Å²) in [5.41, 5.74) is 0. The summed E-state index contributed by atoms with van der Waals surface area (Å²) in [7, 11) is 0. The molecule has 1 N–H and O–H groups in total. The first kappa shape index (κ1) is 16.8. The largest absolute Gasteiger partial charge is 0.494 e. The fraction of sp³-hybridized carbons (Fsp3) is 0.400. The first-order valence-corrected chi connectivity index (χ1v) is 8.90. The summed E-state index contributed by atoms with van der Waals surface area (Å²) >= 11 is 3.03. The van der Waals surface area contributed by atoms with E-state index >= 15 is 0 Å². The van der Waals surface area contributed by atoms with Gasteiger partial charge in [-0.15, -0.1) is 10.2 Å². The van der Waals surface area contributed by atoms with Gasteiger partial charge in [-0.2, -0.15) is 0 Å². The summed E-state index contributed by atoms with van der Waals surface area (Å²) in [6, 6.07) is 9.77. The number of nitrogens with zero attached hydrogens (tertiary/aromatic N) is 2. The van der Waals surface area contributed by atoms with Crippen molar-refractivity contribution < 1.29 is 9.53 Å². The Morgan fingerprint density at radius 1 is 1.32 bits per heavy atom. The van der Waals surface area contributed by atoms with Crippen molar-refractivity contribution in [3.05, 3.63) is 30.3 Å². The maximum absolute atomic E-state index is 11.6. The van der Waals surface area contributed by atoms with Gasteiger partial charge in [0.25, 0.3) is 0 Å². The van der Waals surface area contributed by atoms with E-state index in [0.717, 1.165) is 22.3 Å². The van der Waals surface area contributed by atoms with Gasteiger partial charge < -0.3 is 10.1 Å². The highest BCUT2D eigenvalue weighted by Crippen LogP contribution is 2.26. The molecule has 1 heterocycles. The molecule has 0 bridgehead atoms. The second kappa shape index (κ2) is 8.75. The molecule has 0 radical (unpaired) electrons. The molecule has 22 heavy (non-hydrogen) atoms. The number of nitrogens with one attached hydrogen (secondary N) is 1. The number of carbonyl (C=O) groups is 1. The monoisotopic (exact) mass is 337 g/mol. The summed E-state index contributed by atoms with van der Waals surface area (Å²) < 4.78 is 6.49. The maximum atomic E-state index is 11.6. The molecule has 0 atom stereocenters. The highest BCUT2D eigenvalue weighted by Gasteiger charge is 2.11. The van der Waals surface area contributed by atoms with Gasteiger partial charge in [-0.1, -0.05) is 55.1 Å². The zero-order valence-corrected chi connectivity index (χ0v) is 14.2. The van der Waals surface area contributed by atoms with E-state index in [0.29, 0.717) is 11.7 Å². The molecule has 1 aromatic carbocycles. The van der Waals surface area contributed by atoms with Crippen LogP contribution in [0.15, 0.2) is 34.7 Å². The number of hydrogen-bond donors (Lipinski definition) is 1. The molecule has 0 aliphatic heterocycles. The zero-order valence-electron chi connectivity index (χ0n) is 12.6. The number of thioether (sulfide) groups is 1. The smallest absolute Gasteiger partial charge is 0.228 e. The molecule has 1 aromatic heterocycles. The van der Waals surface area contributed by atoms with Crippen molar-refractivity contribution in [2.24, 2.45) is 5.92 Å². The lowest BCUT2D eigenvalue weighted by molar-refractivity contribution is -0.118. The summed E-state index contributed by atoms with van der Waals surface area (Å²) in [5, 5.41) is 11.3. The first-order valence-electron chi connectivity index (χ1n) is 7.10. The van der Waals surface area contributed by atoms with Crippen LogP contribution in [0.3, 0.4) is 0 Å². The predicted molar refractivity (Wildman–Crippen MR) is 90.7 cm³/mol. The highest BCUT2D eigenvalue weighted by molar-refractivity contribution is 8.01. The number of rotatable bonds is 8. The Morgan fingerprint density at radius 2 is 2.09 bits per heavy atom. The van der Waals surface area contributed by atoms with Crippen LogP contribution in [0, 0.1) is 5.92 Å². The van der Waals surface area contributed by atoms with E-state index in [1.165, 1.54) is 11.3 Å². The number of aromatic nitrogens is 2. The summed E-state index contributed by atoms with van der Waals surface area (Å²) in [6.45, 7) is 4.37. The Hall–Kier alpha value is -1.60. The van der Waals surface area contributed by atoms with E-state index in [1.54, 1.807) is 11.8 Å². The third-order valence-electron chi connectivity index (χ3n) is 2.69. The van der Waals surface area contributed by atoms with E-state index in [4.69, 9.17) is 4.74 Å². The minimum Gasteiger partial charge on any atom is -0.494 e. The van der Waals surface area contributed by atoms with Gasteiger partial charge in [0.15, 0.2) is 4.34 Å². The summed E-state index contributed by atoms with van der Waals surface area (Å²) in [4.78, 5) is 11.6. The zero-order chi connectivity index (χ0) is 15.8. The van der Waals surface area contributed by atoms with Crippen molar-refractivity contribution >= 4 is 34.1 Å². The van der Waals surface area contributed by atoms with Gasteiger partial charge in [0, 0.05) is 11.7 Å². The molecule has 0 saturated carbocycles. The third kappa shape index (κ3) is 5.65. The number of amides is 1. The molecule has 0 fully saturated rings. The number of anilines is 1. The average molecular weight is 337 g/mol. The van der Waals surface area contributed by atoms with Gasteiger partial charge in [-0.05, 0) is 18.6 Å². The van der Waals surface area contributed by atoms with Crippen LogP contribution in [0.4, 0.5) is 5.13 Å². The van der Waals surface area contributed by atoms with E-state index in [9.17, 15) is 4.79 Å². The Kier molecular flexibility index (Phi) is 6.67. The molecule has 2 rings (SSSR count). The summed E-state index contributed by atoms with van der Waals surface area (Å²) in [6.07, 6.45) is 0.923. The number of carbonyl (C=O) groups excluding carboxylic acids is 1. The van der Waals surface area contributed by atoms with Crippen molar-refractivity contribution in [2.75, 3.05) is 17.7 Å². The molecule has 0 saturated heterocycles. The number of para-hydroxylation sites is 1. The van der Waals surface area contributed by atoms with Crippen molar-refractivity contribution in [1.82, 2.24) is 10.2 Å². The molecule has 2 aromatic rings. The lowest BCUT2D eigenvalue weighted by Gasteiger charge is -2.04. The van der Waals surface area contributed by atoms with Gasteiger partial charge in [0.2, 0.25) is 11.0 Å². The molecular formula is C15H19N3O2S2. The van der Waals surface area contributed by atoms with Gasteiger partial charge in [-0.3, -0.25) is 4.79 Å². The minimum absolute atomic E-state index is 0.0380. The van der Waals surface area contributed by atoms with Gasteiger partial charge in [0.05, 0.1) is 6.61 Å². The van der Waals surface area contributed by atoms with E-state index in [-0.39, 0.29) is 11.8 Å². The SMILES string of the molecule is CC(C)C(=O)Nc1nnc(SCCCOc2ccccc2)s1. The lowest BCUT2D eigenvalue weighted by Crippen LogP contribution is -2.17. The maximum Gasteiger partial charge on any atom is 0.228 e. The molecule has 0 unspecified atom stereocenters. The normalized spacial score (nSPS) is 10.7. The first-order chi connectivity index (χ1) is 10.6.